The van der Waals surface area contributed by atoms with Gasteiger partial charge in [0.1, 0.15) is 0 Å². The van der Waals surface area contributed by atoms with Gasteiger partial charge in [0.2, 0.25) is 5.91 Å². The number of pyridine rings is 1. The van der Waals surface area contributed by atoms with Gasteiger partial charge < -0.3 is 30.4 Å². The molecule has 0 aliphatic carbocycles. The topological polar surface area (TPSA) is 153 Å². The number of rotatable bonds is 13. The molecule has 6 rings (SSSR count). The molecule has 4 amide bonds. The number of halogens is 1. The summed E-state index contributed by atoms with van der Waals surface area (Å²) in [6, 6.07) is 21.5. The maximum absolute atomic E-state index is 13.9. The highest BCUT2D eigenvalue weighted by molar-refractivity contribution is 6.35. The van der Waals surface area contributed by atoms with Crippen molar-refractivity contribution in [2.45, 2.75) is 44.4 Å². The third-order valence-corrected chi connectivity index (χ3v) is 9.98. The summed E-state index contributed by atoms with van der Waals surface area (Å²) in [5, 5.41) is 19.1. The van der Waals surface area contributed by atoms with Gasteiger partial charge in [-0.3, -0.25) is 23.9 Å². The van der Waals surface area contributed by atoms with E-state index in [1.54, 1.807) is 58.5 Å². The number of nitrogens with one attached hydrogen (secondary N) is 2. The molecule has 1 saturated heterocycles. The predicted octanol–water partition coefficient (Wildman–Crippen LogP) is 4.76. The first-order chi connectivity index (χ1) is 26.0. The quantitative estimate of drug-likeness (QED) is 0.146. The van der Waals surface area contributed by atoms with Gasteiger partial charge in [0.05, 0.1) is 39.9 Å². The molecule has 1 aliphatic heterocycles. The van der Waals surface area contributed by atoms with E-state index in [0.29, 0.717) is 84.8 Å². The van der Waals surface area contributed by atoms with Crippen LogP contribution in [-0.2, 0) is 17.9 Å². The van der Waals surface area contributed by atoms with Crippen LogP contribution in [0.1, 0.15) is 41.6 Å². The lowest BCUT2D eigenvalue weighted by atomic mass is 9.91. The van der Waals surface area contributed by atoms with Crippen molar-refractivity contribution in [1.82, 2.24) is 34.6 Å². The van der Waals surface area contributed by atoms with Gasteiger partial charge >= 0.3 is 6.03 Å². The Labute approximate surface area is 318 Å². The molecule has 0 saturated carbocycles. The molecular formula is C40H45ClN8O5. The largest absolute Gasteiger partial charge is 0.388 e. The van der Waals surface area contributed by atoms with E-state index in [1.165, 1.54) is 10.9 Å². The molecule has 5 aromatic rings. The summed E-state index contributed by atoms with van der Waals surface area (Å²) in [5.41, 5.74) is 1.59. The zero-order chi connectivity index (χ0) is 38.2. The number of fused-ring (bicyclic) bond motifs is 2. The molecule has 3 heterocycles. The highest BCUT2D eigenvalue weighted by Gasteiger charge is 2.36. The SMILES string of the molecule is CN(C)CCC(=O)Nc1ccc2c(=O)n(CC3(O)CCN(C(=O)N(CCCNC(=O)c4ccc5c(Cl)ccnc5c4)Cc4ccccc4)CC3)cnc2c1. The molecule has 0 spiro atoms. The first kappa shape index (κ1) is 38.4. The van der Waals surface area contributed by atoms with Crippen LogP contribution in [0.5, 0.6) is 0 Å². The van der Waals surface area contributed by atoms with E-state index >= 15 is 0 Å². The minimum atomic E-state index is -1.21. The molecule has 1 aliphatic rings. The molecule has 3 N–H and O–H groups in total. The molecule has 54 heavy (non-hydrogen) atoms. The van der Waals surface area contributed by atoms with Gasteiger partial charge in [-0.25, -0.2) is 9.78 Å². The van der Waals surface area contributed by atoms with Gasteiger partial charge in [-0.2, -0.15) is 0 Å². The number of carbonyl (C=O) groups is 3. The molecule has 0 radical (unpaired) electrons. The summed E-state index contributed by atoms with van der Waals surface area (Å²) in [6.07, 6.45) is 4.46. The summed E-state index contributed by atoms with van der Waals surface area (Å²) in [6.45, 7) is 2.43. The number of benzene rings is 3. The van der Waals surface area contributed by atoms with Crippen LogP contribution in [0, 0.1) is 0 Å². The second-order valence-electron chi connectivity index (χ2n) is 14.0. The van der Waals surface area contributed by atoms with E-state index in [4.69, 9.17) is 11.6 Å². The number of hydrogen-bond acceptors (Lipinski definition) is 8. The van der Waals surface area contributed by atoms with Crippen molar-refractivity contribution in [3.05, 3.63) is 112 Å². The van der Waals surface area contributed by atoms with Crippen LogP contribution in [0.25, 0.3) is 21.8 Å². The summed E-state index contributed by atoms with van der Waals surface area (Å²) in [7, 11) is 3.80. The lowest BCUT2D eigenvalue weighted by molar-refractivity contribution is -0.116. The number of likely N-dealkylation sites (tertiary alicyclic amines) is 1. The summed E-state index contributed by atoms with van der Waals surface area (Å²) < 4.78 is 1.41. The average Bonchev–Trinajstić information content (AvgIpc) is 3.16. The number of carbonyl (C=O) groups excluding carboxylic acids is 3. The summed E-state index contributed by atoms with van der Waals surface area (Å²) in [5.74, 6) is -0.363. The minimum Gasteiger partial charge on any atom is -0.388 e. The molecule has 13 nitrogen and oxygen atoms in total. The number of aromatic nitrogens is 3. The Balaban J connectivity index is 1.05. The zero-order valence-electron chi connectivity index (χ0n) is 30.5. The van der Waals surface area contributed by atoms with Crippen molar-refractivity contribution in [1.29, 1.82) is 0 Å². The highest BCUT2D eigenvalue weighted by Crippen LogP contribution is 2.26. The van der Waals surface area contributed by atoms with Crippen molar-refractivity contribution < 1.29 is 19.5 Å². The zero-order valence-corrected chi connectivity index (χ0v) is 31.3. The fourth-order valence-electron chi connectivity index (χ4n) is 6.56. The Morgan fingerprint density at radius 3 is 2.43 bits per heavy atom. The fraction of sp³-hybridized carbons (Fsp3) is 0.350. The van der Waals surface area contributed by atoms with Gasteiger partial charge in [0.25, 0.3) is 11.5 Å². The minimum absolute atomic E-state index is 0.0353. The number of hydrogen-bond donors (Lipinski definition) is 3. The van der Waals surface area contributed by atoms with Crippen LogP contribution in [0.2, 0.25) is 5.02 Å². The van der Waals surface area contributed by atoms with E-state index < -0.39 is 5.60 Å². The average molecular weight is 753 g/mol. The van der Waals surface area contributed by atoms with Crippen LogP contribution in [0.15, 0.2) is 90.1 Å². The third kappa shape index (κ3) is 9.59. The van der Waals surface area contributed by atoms with Gasteiger partial charge in [-0.05, 0) is 75.3 Å². The Morgan fingerprint density at radius 1 is 0.926 bits per heavy atom. The summed E-state index contributed by atoms with van der Waals surface area (Å²) >= 11 is 6.24. The number of urea groups is 1. The van der Waals surface area contributed by atoms with E-state index in [2.05, 4.69) is 20.6 Å². The molecule has 2 aromatic heterocycles. The number of nitrogens with zero attached hydrogens (tertiary/aromatic N) is 6. The van der Waals surface area contributed by atoms with Crippen LogP contribution in [0.4, 0.5) is 10.5 Å². The summed E-state index contributed by atoms with van der Waals surface area (Å²) in [4.78, 5) is 66.7. The van der Waals surface area contributed by atoms with Crippen LogP contribution in [0.3, 0.4) is 0 Å². The van der Waals surface area contributed by atoms with Crippen molar-refractivity contribution in [3.63, 3.8) is 0 Å². The van der Waals surface area contributed by atoms with Crippen LogP contribution >= 0.6 is 11.6 Å². The molecule has 1 fully saturated rings. The van der Waals surface area contributed by atoms with Crippen molar-refractivity contribution in [2.24, 2.45) is 0 Å². The Bertz CT molecular complexity index is 2190. The Morgan fingerprint density at radius 2 is 1.67 bits per heavy atom. The lowest BCUT2D eigenvalue weighted by Gasteiger charge is -2.40. The van der Waals surface area contributed by atoms with E-state index in [9.17, 15) is 24.3 Å². The number of amides is 4. The number of anilines is 1. The Hall–Kier alpha value is -5.37. The van der Waals surface area contributed by atoms with E-state index in [-0.39, 0.29) is 42.8 Å². The van der Waals surface area contributed by atoms with Crippen molar-refractivity contribution >= 4 is 56.9 Å². The van der Waals surface area contributed by atoms with Crippen molar-refractivity contribution in [3.8, 4) is 0 Å². The van der Waals surface area contributed by atoms with E-state index in [1.807, 2.05) is 49.3 Å². The fourth-order valence-corrected chi connectivity index (χ4v) is 6.78. The second-order valence-corrected chi connectivity index (χ2v) is 14.5. The molecule has 14 heteroatoms. The second kappa shape index (κ2) is 17.2. The number of piperidine rings is 1. The van der Waals surface area contributed by atoms with Crippen LogP contribution < -0.4 is 16.2 Å². The van der Waals surface area contributed by atoms with Gasteiger partial charge in [0, 0.05) is 68.5 Å². The maximum Gasteiger partial charge on any atom is 0.320 e. The first-order valence-electron chi connectivity index (χ1n) is 18.0. The van der Waals surface area contributed by atoms with Crippen LogP contribution in [-0.4, -0.2) is 105 Å². The maximum atomic E-state index is 13.9. The van der Waals surface area contributed by atoms with Gasteiger partial charge in [-0.15, -0.1) is 0 Å². The molecule has 0 bridgehead atoms. The normalized spacial score (nSPS) is 14.0. The predicted molar refractivity (Wildman–Crippen MR) is 210 cm³/mol. The molecule has 0 atom stereocenters. The van der Waals surface area contributed by atoms with Gasteiger partial charge in [0.15, 0.2) is 0 Å². The standard InChI is InChI=1S/C40H45ClN8O5/c1-46(2)20-14-36(50)45-30-10-12-32-35(24-30)44-27-49(38(32)52)26-40(54)15-21-47(22-16-40)39(53)48(25-28-7-4-3-5-8-28)19-6-17-43-37(51)29-9-11-31-33(41)13-18-42-34(31)23-29/h3-5,7-13,18,23-24,27,54H,6,14-17,19-22,25-26H2,1-2H3,(H,43,51)(H,45,50). The third-order valence-electron chi connectivity index (χ3n) is 9.65. The van der Waals surface area contributed by atoms with Crippen molar-refractivity contribution in [2.75, 3.05) is 52.1 Å². The highest BCUT2D eigenvalue weighted by atomic mass is 35.5. The molecular weight excluding hydrogens is 708 g/mol. The lowest BCUT2D eigenvalue weighted by Crippen LogP contribution is -2.53. The smallest absolute Gasteiger partial charge is 0.320 e. The number of aliphatic hydroxyl groups is 1. The van der Waals surface area contributed by atoms with Gasteiger partial charge in [-0.1, -0.05) is 48.0 Å². The monoisotopic (exact) mass is 752 g/mol. The van der Waals surface area contributed by atoms with E-state index in [0.717, 1.165) is 10.9 Å². The molecule has 0 unspecified atom stereocenters. The molecule has 282 valence electrons. The molecule has 3 aromatic carbocycles. The first-order valence-corrected chi connectivity index (χ1v) is 18.4. The Kier molecular flexibility index (Phi) is 12.2.